The molecular formula is C22H26ClNO3S. The summed E-state index contributed by atoms with van der Waals surface area (Å²) in [5.74, 6) is 1.03. The summed E-state index contributed by atoms with van der Waals surface area (Å²) in [7, 11) is 0. The summed E-state index contributed by atoms with van der Waals surface area (Å²) >= 11 is 1.67. The van der Waals surface area contributed by atoms with Gasteiger partial charge in [-0.3, -0.25) is 0 Å². The van der Waals surface area contributed by atoms with Gasteiger partial charge in [-0.25, -0.2) is 4.98 Å². The maximum Gasteiger partial charge on any atom is 0.197 e. The van der Waals surface area contributed by atoms with Crippen molar-refractivity contribution in [1.29, 1.82) is 0 Å². The fourth-order valence-electron chi connectivity index (χ4n) is 2.72. The van der Waals surface area contributed by atoms with Crippen molar-refractivity contribution in [3.8, 4) is 11.3 Å². The van der Waals surface area contributed by atoms with Gasteiger partial charge < -0.3 is 14.6 Å². The molecule has 1 unspecified atom stereocenters. The van der Waals surface area contributed by atoms with E-state index in [-0.39, 0.29) is 24.9 Å². The molecule has 0 spiro atoms. The molecule has 0 aliphatic heterocycles. The van der Waals surface area contributed by atoms with E-state index in [9.17, 15) is 5.11 Å². The molecule has 3 rings (SSSR count). The number of hydrogen-bond donors (Lipinski definition) is 2. The first kappa shape index (κ1) is 22.5. The summed E-state index contributed by atoms with van der Waals surface area (Å²) in [6.07, 6.45) is 2.37. The Bertz CT molecular complexity index is 847. The molecule has 1 heterocycles. The van der Waals surface area contributed by atoms with Crippen LogP contribution in [-0.4, -0.2) is 21.8 Å². The SMILES string of the molecule is CC(C)c1nc(-c2ccc(Sc3ccc(C(O)CCCO)cc3)cc2)co1.Cl. The summed E-state index contributed by atoms with van der Waals surface area (Å²) in [5, 5.41) is 18.9. The van der Waals surface area contributed by atoms with Crippen molar-refractivity contribution in [2.45, 2.75) is 48.5 Å². The van der Waals surface area contributed by atoms with Crippen LogP contribution in [0.3, 0.4) is 0 Å². The van der Waals surface area contributed by atoms with Gasteiger partial charge in [-0.2, -0.15) is 0 Å². The predicted octanol–water partition coefficient (Wildman–Crippen LogP) is 5.84. The van der Waals surface area contributed by atoms with E-state index in [0.29, 0.717) is 12.8 Å². The smallest absolute Gasteiger partial charge is 0.197 e. The van der Waals surface area contributed by atoms with E-state index >= 15 is 0 Å². The normalized spacial score (nSPS) is 12.0. The minimum absolute atomic E-state index is 0. The molecule has 0 saturated carbocycles. The van der Waals surface area contributed by atoms with E-state index in [2.05, 4.69) is 43.1 Å². The lowest BCUT2D eigenvalue weighted by atomic mass is 10.1. The van der Waals surface area contributed by atoms with E-state index < -0.39 is 6.10 Å². The maximum atomic E-state index is 10.1. The monoisotopic (exact) mass is 419 g/mol. The van der Waals surface area contributed by atoms with Gasteiger partial charge in [0.25, 0.3) is 0 Å². The van der Waals surface area contributed by atoms with Crippen LogP contribution in [0.4, 0.5) is 0 Å². The second-order valence-electron chi connectivity index (χ2n) is 6.80. The van der Waals surface area contributed by atoms with E-state index in [1.54, 1.807) is 18.0 Å². The average molecular weight is 420 g/mol. The zero-order valence-electron chi connectivity index (χ0n) is 16.0. The number of hydrogen-bond acceptors (Lipinski definition) is 5. The van der Waals surface area contributed by atoms with Crippen LogP contribution in [0.5, 0.6) is 0 Å². The first-order valence-electron chi connectivity index (χ1n) is 9.19. The molecular weight excluding hydrogens is 394 g/mol. The molecule has 0 aliphatic rings. The lowest BCUT2D eigenvalue weighted by Gasteiger charge is -2.11. The van der Waals surface area contributed by atoms with Gasteiger partial charge in [-0.1, -0.05) is 49.9 Å². The Balaban J connectivity index is 0.00000280. The van der Waals surface area contributed by atoms with Gasteiger partial charge in [0.15, 0.2) is 5.89 Å². The standard InChI is InChI=1S/C22H25NO3S.ClH/c1-15(2)22-23-20(14-26-22)16-5-9-18(10-6-16)27-19-11-7-17(8-12-19)21(25)4-3-13-24;/h5-12,14-15,21,24-25H,3-4,13H2,1-2H3;1H. The van der Waals surface area contributed by atoms with Crippen molar-refractivity contribution < 1.29 is 14.6 Å². The van der Waals surface area contributed by atoms with Crippen LogP contribution in [0.1, 0.15) is 50.2 Å². The van der Waals surface area contributed by atoms with Gasteiger partial charge in [-0.15, -0.1) is 12.4 Å². The van der Waals surface area contributed by atoms with Crippen molar-refractivity contribution in [2.24, 2.45) is 0 Å². The number of aromatic nitrogens is 1. The molecule has 1 aromatic heterocycles. The van der Waals surface area contributed by atoms with Crippen LogP contribution >= 0.6 is 24.2 Å². The quantitative estimate of drug-likeness (QED) is 0.479. The van der Waals surface area contributed by atoms with Crippen molar-refractivity contribution in [1.82, 2.24) is 4.98 Å². The summed E-state index contributed by atoms with van der Waals surface area (Å²) in [6.45, 7) is 4.23. The zero-order valence-corrected chi connectivity index (χ0v) is 17.7. The van der Waals surface area contributed by atoms with Gasteiger partial charge in [-0.05, 0) is 42.7 Å². The number of rotatable bonds is 8. The fourth-order valence-corrected chi connectivity index (χ4v) is 3.54. The third-order valence-corrected chi connectivity index (χ3v) is 5.32. The number of aliphatic hydroxyl groups excluding tert-OH is 2. The number of halogens is 1. The van der Waals surface area contributed by atoms with Crippen LogP contribution in [0.25, 0.3) is 11.3 Å². The van der Waals surface area contributed by atoms with Crippen molar-refractivity contribution >= 4 is 24.2 Å². The van der Waals surface area contributed by atoms with Crippen molar-refractivity contribution in [2.75, 3.05) is 6.61 Å². The highest BCUT2D eigenvalue weighted by Crippen LogP contribution is 2.31. The molecule has 4 nitrogen and oxygen atoms in total. The van der Waals surface area contributed by atoms with Crippen LogP contribution < -0.4 is 0 Å². The molecule has 150 valence electrons. The third kappa shape index (κ3) is 5.85. The third-order valence-electron chi connectivity index (χ3n) is 4.30. The Morgan fingerprint density at radius 2 is 1.61 bits per heavy atom. The minimum Gasteiger partial charge on any atom is -0.448 e. The Hall–Kier alpha value is -1.79. The highest BCUT2D eigenvalue weighted by atomic mass is 35.5. The van der Waals surface area contributed by atoms with Gasteiger partial charge in [0, 0.05) is 27.9 Å². The lowest BCUT2D eigenvalue weighted by molar-refractivity contribution is 0.152. The van der Waals surface area contributed by atoms with Crippen molar-refractivity contribution in [3.63, 3.8) is 0 Å². The zero-order chi connectivity index (χ0) is 19.2. The maximum absolute atomic E-state index is 10.1. The van der Waals surface area contributed by atoms with Gasteiger partial charge in [0.1, 0.15) is 12.0 Å². The Morgan fingerprint density at radius 1 is 1.00 bits per heavy atom. The number of aliphatic hydroxyl groups is 2. The molecule has 0 saturated heterocycles. The van der Waals surface area contributed by atoms with Gasteiger partial charge in [0.05, 0.1) is 6.10 Å². The minimum atomic E-state index is -0.520. The highest BCUT2D eigenvalue weighted by molar-refractivity contribution is 7.99. The Labute approximate surface area is 176 Å². The van der Waals surface area contributed by atoms with E-state index in [0.717, 1.165) is 32.5 Å². The van der Waals surface area contributed by atoms with Crippen LogP contribution in [-0.2, 0) is 0 Å². The van der Waals surface area contributed by atoms with E-state index in [4.69, 9.17) is 9.52 Å². The molecule has 1 atom stereocenters. The molecule has 2 N–H and O–H groups in total. The Morgan fingerprint density at radius 3 is 2.14 bits per heavy atom. The van der Waals surface area contributed by atoms with E-state index in [1.807, 2.05) is 24.3 Å². The number of nitrogens with zero attached hydrogens (tertiary/aromatic N) is 1. The second-order valence-corrected chi connectivity index (χ2v) is 7.95. The molecule has 0 fully saturated rings. The molecule has 0 amide bonds. The molecule has 2 aromatic carbocycles. The average Bonchev–Trinajstić information content (AvgIpc) is 3.18. The molecule has 0 aliphatic carbocycles. The predicted molar refractivity (Wildman–Crippen MR) is 115 cm³/mol. The Kier molecular flexibility index (Phi) is 8.58. The molecule has 28 heavy (non-hydrogen) atoms. The van der Waals surface area contributed by atoms with Crippen molar-refractivity contribution in [3.05, 3.63) is 66.2 Å². The fraction of sp³-hybridized carbons (Fsp3) is 0.318. The van der Waals surface area contributed by atoms with Crippen LogP contribution in [0.2, 0.25) is 0 Å². The molecule has 0 radical (unpaired) electrons. The number of oxazole rings is 1. The second kappa shape index (κ2) is 10.7. The van der Waals surface area contributed by atoms with E-state index in [1.165, 1.54) is 0 Å². The summed E-state index contributed by atoms with van der Waals surface area (Å²) in [4.78, 5) is 6.78. The summed E-state index contributed by atoms with van der Waals surface area (Å²) in [5.41, 5.74) is 2.78. The van der Waals surface area contributed by atoms with Crippen LogP contribution in [0, 0.1) is 0 Å². The summed E-state index contributed by atoms with van der Waals surface area (Å²) < 4.78 is 5.51. The summed E-state index contributed by atoms with van der Waals surface area (Å²) in [6, 6.07) is 16.2. The first-order chi connectivity index (χ1) is 13.1. The highest BCUT2D eigenvalue weighted by Gasteiger charge is 2.10. The molecule has 6 heteroatoms. The largest absolute Gasteiger partial charge is 0.448 e. The molecule has 3 aromatic rings. The first-order valence-corrected chi connectivity index (χ1v) is 10.0. The van der Waals surface area contributed by atoms with Gasteiger partial charge in [0.2, 0.25) is 0 Å². The molecule has 0 bridgehead atoms. The van der Waals surface area contributed by atoms with Gasteiger partial charge >= 0.3 is 0 Å². The topological polar surface area (TPSA) is 66.5 Å². The van der Waals surface area contributed by atoms with Crippen LogP contribution in [0.15, 0.2) is 69.0 Å². The lowest BCUT2D eigenvalue weighted by Crippen LogP contribution is -1.98. The number of benzene rings is 2.